The summed E-state index contributed by atoms with van der Waals surface area (Å²) in [5, 5.41) is 3.23. The molecule has 0 spiro atoms. The zero-order chi connectivity index (χ0) is 30.8. The normalized spacial score (nSPS) is 18.8. The molecule has 2 aliphatic heterocycles. The summed E-state index contributed by atoms with van der Waals surface area (Å²) in [5.41, 5.74) is 5.15. The number of nitrogens with zero attached hydrogens (tertiary/aromatic N) is 5. The van der Waals surface area contributed by atoms with Crippen LogP contribution in [0.15, 0.2) is 48.8 Å². The predicted molar refractivity (Wildman–Crippen MR) is 154 cm³/mol. The van der Waals surface area contributed by atoms with Crippen molar-refractivity contribution in [2.24, 2.45) is 5.73 Å². The van der Waals surface area contributed by atoms with Crippen LogP contribution in [-0.4, -0.2) is 77.5 Å². The Labute approximate surface area is 247 Å². The second-order valence-corrected chi connectivity index (χ2v) is 10.9. The van der Waals surface area contributed by atoms with Crippen molar-refractivity contribution in [2.45, 2.75) is 43.8 Å². The highest BCUT2D eigenvalue weighted by Crippen LogP contribution is 2.39. The molecule has 0 aliphatic carbocycles. The number of piperidine rings is 1. The van der Waals surface area contributed by atoms with E-state index in [9.17, 15) is 22.8 Å². The third-order valence-corrected chi connectivity index (χ3v) is 8.16. The SMILES string of the molecule is CCOc1ncccc1-c1ccc(C2(C(=O)N[C@@H]3CCN(C)C3)CCN(c3ccc(C(F)(F)F)nc3C(N)=O)CC2)cn1. The number of halogens is 3. The van der Waals surface area contributed by atoms with Crippen molar-refractivity contribution in [1.82, 2.24) is 25.2 Å². The summed E-state index contributed by atoms with van der Waals surface area (Å²) < 4.78 is 45.5. The fraction of sp³-hybridized carbons (Fsp3) is 0.433. The highest BCUT2D eigenvalue weighted by molar-refractivity contribution is 5.97. The van der Waals surface area contributed by atoms with Gasteiger partial charge >= 0.3 is 6.18 Å². The molecular weight excluding hydrogens is 563 g/mol. The summed E-state index contributed by atoms with van der Waals surface area (Å²) in [6.07, 6.45) is 0.124. The fourth-order valence-electron chi connectivity index (χ4n) is 5.87. The summed E-state index contributed by atoms with van der Waals surface area (Å²) in [7, 11) is 2.01. The van der Waals surface area contributed by atoms with E-state index in [1.165, 1.54) is 6.07 Å². The molecule has 2 saturated heterocycles. The summed E-state index contributed by atoms with van der Waals surface area (Å²) in [6, 6.07) is 9.45. The Morgan fingerprint density at radius 3 is 2.49 bits per heavy atom. The first-order chi connectivity index (χ1) is 20.5. The number of carbonyl (C=O) groups is 2. The summed E-state index contributed by atoms with van der Waals surface area (Å²) in [4.78, 5) is 42.6. The molecule has 3 aromatic heterocycles. The van der Waals surface area contributed by atoms with E-state index >= 15 is 0 Å². The second-order valence-electron chi connectivity index (χ2n) is 10.9. The van der Waals surface area contributed by atoms with Gasteiger partial charge in [-0.1, -0.05) is 6.07 Å². The highest BCUT2D eigenvalue weighted by atomic mass is 19.4. The third-order valence-electron chi connectivity index (χ3n) is 8.16. The molecule has 2 fully saturated rings. The van der Waals surface area contributed by atoms with E-state index in [4.69, 9.17) is 10.5 Å². The summed E-state index contributed by atoms with van der Waals surface area (Å²) >= 11 is 0. The van der Waals surface area contributed by atoms with Gasteiger partial charge in [0.25, 0.3) is 5.91 Å². The largest absolute Gasteiger partial charge is 0.477 e. The fourth-order valence-corrected chi connectivity index (χ4v) is 5.87. The summed E-state index contributed by atoms with van der Waals surface area (Å²) in [6.45, 7) is 4.51. The molecule has 5 heterocycles. The molecule has 10 nitrogen and oxygen atoms in total. The Morgan fingerprint density at radius 2 is 1.88 bits per heavy atom. The van der Waals surface area contributed by atoms with Gasteiger partial charge in [0.15, 0.2) is 5.69 Å². The number of anilines is 1. The van der Waals surface area contributed by atoms with Crippen molar-refractivity contribution in [3.63, 3.8) is 0 Å². The Bertz CT molecular complexity index is 1470. The number of amides is 2. The van der Waals surface area contributed by atoms with Gasteiger partial charge in [-0.05, 0) is 75.7 Å². The number of nitrogens with two attached hydrogens (primary N) is 1. The Morgan fingerprint density at radius 1 is 1.12 bits per heavy atom. The molecule has 3 N–H and O–H groups in total. The Balaban J connectivity index is 1.45. The number of likely N-dealkylation sites (tertiary alicyclic amines) is 1. The maximum atomic E-state index is 14.0. The van der Waals surface area contributed by atoms with E-state index in [1.807, 2.05) is 32.2 Å². The minimum atomic E-state index is -4.72. The average molecular weight is 598 g/mol. The van der Waals surface area contributed by atoms with Crippen LogP contribution in [0.1, 0.15) is 47.9 Å². The minimum Gasteiger partial charge on any atom is -0.477 e. The molecule has 13 heteroatoms. The van der Waals surface area contributed by atoms with E-state index in [0.717, 1.165) is 36.7 Å². The van der Waals surface area contributed by atoms with Crippen molar-refractivity contribution < 1.29 is 27.5 Å². The first-order valence-electron chi connectivity index (χ1n) is 14.2. The third kappa shape index (κ3) is 6.26. The van der Waals surface area contributed by atoms with Gasteiger partial charge in [-0.2, -0.15) is 13.2 Å². The van der Waals surface area contributed by atoms with Crippen molar-refractivity contribution >= 4 is 17.5 Å². The maximum Gasteiger partial charge on any atom is 0.433 e. The van der Waals surface area contributed by atoms with Crippen molar-refractivity contribution in [2.75, 3.05) is 44.7 Å². The molecule has 1 atom stereocenters. The van der Waals surface area contributed by atoms with Crippen LogP contribution < -0.4 is 20.7 Å². The maximum absolute atomic E-state index is 14.0. The molecular formula is C30H34F3N7O3. The molecule has 0 bridgehead atoms. The lowest BCUT2D eigenvalue weighted by Crippen LogP contribution is -2.54. The lowest BCUT2D eigenvalue weighted by atomic mass is 9.72. The number of hydrogen-bond donors (Lipinski definition) is 2. The van der Waals surface area contributed by atoms with Crippen LogP contribution in [0.25, 0.3) is 11.3 Å². The van der Waals surface area contributed by atoms with Gasteiger partial charge in [0.2, 0.25) is 11.8 Å². The number of primary amides is 1. The Kier molecular flexibility index (Phi) is 8.54. The van der Waals surface area contributed by atoms with Crippen LogP contribution in [0, 0.1) is 0 Å². The molecule has 2 amide bonds. The average Bonchev–Trinajstić information content (AvgIpc) is 3.41. The van der Waals surface area contributed by atoms with Gasteiger partial charge in [-0.3, -0.25) is 14.6 Å². The molecule has 2 aliphatic rings. The van der Waals surface area contributed by atoms with Crippen molar-refractivity contribution in [3.8, 4) is 17.1 Å². The van der Waals surface area contributed by atoms with Crippen LogP contribution in [0.5, 0.6) is 5.88 Å². The second kappa shape index (κ2) is 12.2. The van der Waals surface area contributed by atoms with Crippen LogP contribution in [0.3, 0.4) is 0 Å². The van der Waals surface area contributed by atoms with E-state index < -0.39 is 28.9 Å². The molecule has 0 aromatic carbocycles. The lowest BCUT2D eigenvalue weighted by Gasteiger charge is -2.42. The number of aromatic nitrogens is 3. The quantitative estimate of drug-likeness (QED) is 0.405. The topological polar surface area (TPSA) is 127 Å². The number of nitrogens with one attached hydrogen (secondary N) is 1. The molecule has 5 rings (SSSR count). The molecule has 43 heavy (non-hydrogen) atoms. The minimum absolute atomic E-state index is 0.00404. The monoisotopic (exact) mass is 597 g/mol. The molecule has 228 valence electrons. The van der Waals surface area contributed by atoms with Gasteiger partial charge in [-0.25, -0.2) is 9.97 Å². The van der Waals surface area contributed by atoms with E-state index in [-0.39, 0.29) is 30.7 Å². The van der Waals surface area contributed by atoms with Crippen molar-refractivity contribution in [1.29, 1.82) is 0 Å². The first kappa shape index (κ1) is 30.2. The van der Waals surface area contributed by atoms with Gasteiger partial charge in [-0.15, -0.1) is 0 Å². The smallest absolute Gasteiger partial charge is 0.433 e. The number of alkyl halides is 3. The molecule has 0 radical (unpaired) electrons. The van der Waals surface area contributed by atoms with E-state index in [0.29, 0.717) is 31.0 Å². The first-order valence-corrected chi connectivity index (χ1v) is 14.2. The van der Waals surface area contributed by atoms with Gasteiger partial charge in [0, 0.05) is 38.1 Å². The number of pyridine rings is 3. The van der Waals surface area contributed by atoms with Crippen LogP contribution >= 0.6 is 0 Å². The number of likely N-dealkylation sites (N-methyl/N-ethyl adjacent to an activating group) is 1. The van der Waals surface area contributed by atoms with E-state index in [2.05, 4.69) is 25.2 Å². The summed E-state index contributed by atoms with van der Waals surface area (Å²) in [5.74, 6) is -0.714. The molecule has 0 saturated carbocycles. The van der Waals surface area contributed by atoms with Crippen LogP contribution in [0.2, 0.25) is 0 Å². The van der Waals surface area contributed by atoms with Gasteiger partial charge in [0.05, 0.1) is 29.0 Å². The van der Waals surface area contributed by atoms with Crippen molar-refractivity contribution in [3.05, 3.63) is 65.7 Å². The zero-order valence-electron chi connectivity index (χ0n) is 24.0. The number of ether oxygens (including phenoxy) is 1. The predicted octanol–water partition coefficient (Wildman–Crippen LogP) is 3.41. The highest BCUT2D eigenvalue weighted by Gasteiger charge is 2.45. The Hall–Kier alpha value is -4.26. The zero-order valence-corrected chi connectivity index (χ0v) is 24.0. The van der Waals surface area contributed by atoms with Gasteiger partial charge < -0.3 is 25.6 Å². The molecule has 0 unspecified atom stereocenters. The number of hydrogen-bond acceptors (Lipinski definition) is 8. The van der Waals surface area contributed by atoms with Gasteiger partial charge in [0.1, 0.15) is 5.69 Å². The molecule has 3 aromatic rings. The number of rotatable bonds is 8. The van der Waals surface area contributed by atoms with E-state index in [1.54, 1.807) is 23.4 Å². The number of carbonyl (C=O) groups excluding carboxylic acids is 2. The standard InChI is InChI=1S/C30H34F3N7O3/c1-3-43-27-21(5-4-13-35-27)22-7-6-19(17-36-22)29(28(42)37-20-10-14-39(2)18-20)11-15-40(16-12-29)23-8-9-24(30(31,32)33)38-25(23)26(34)41/h4-9,13,17,20H,3,10-12,14-16,18H2,1-2H3,(H2,34,41)(H,37,42)/t20-/m1/s1. The van der Waals surface area contributed by atoms with Crippen LogP contribution in [-0.2, 0) is 16.4 Å². The lowest BCUT2D eigenvalue weighted by molar-refractivity contribution is -0.141. The van der Waals surface area contributed by atoms with Crippen LogP contribution in [0.4, 0.5) is 18.9 Å².